The largest absolute Gasteiger partial charge is 0.573 e. The number of nitrogens with one attached hydrogen (secondary N) is 1. The molecule has 126 valence electrons. The van der Waals surface area contributed by atoms with Gasteiger partial charge in [0.1, 0.15) is 5.75 Å². The van der Waals surface area contributed by atoms with E-state index < -0.39 is 6.36 Å². The molecule has 4 nitrogen and oxygen atoms in total. The van der Waals surface area contributed by atoms with Crippen molar-refractivity contribution < 1.29 is 23.0 Å². The number of aliphatic hydroxyl groups is 1. The Morgan fingerprint density at radius 3 is 2.45 bits per heavy atom. The third kappa shape index (κ3) is 5.58. The standard InChI is InChI=1S/C13H16BrF3N2O2.ClH/c14-10-5-9(6-11(7-10)21-13(15,16)17)12(8-20)19-3-1-18-2-4-19;/h5-7,12,18,20H,1-4,8H2;1H/t12-;/m1./s1. The Balaban J connectivity index is 0.00000242. The van der Waals surface area contributed by atoms with Crippen molar-refractivity contribution in [1.82, 2.24) is 10.2 Å². The lowest BCUT2D eigenvalue weighted by molar-refractivity contribution is -0.274. The van der Waals surface area contributed by atoms with Gasteiger partial charge in [-0.25, -0.2) is 0 Å². The van der Waals surface area contributed by atoms with Gasteiger partial charge in [0, 0.05) is 30.7 Å². The number of hydrogen-bond acceptors (Lipinski definition) is 4. The minimum absolute atomic E-state index is 0. The lowest BCUT2D eigenvalue weighted by Crippen LogP contribution is -2.46. The van der Waals surface area contributed by atoms with Gasteiger partial charge in [-0.3, -0.25) is 4.90 Å². The average Bonchev–Trinajstić information content (AvgIpc) is 2.38. The first-order valence-electron chi connectivity index (χ1n) is 6.51. The molecule has 1 saturated heterocycles. The van der Waals surface area contributed by atoms with Crippen molar-refractivity contribution in [1.29, 1.82) is 0 Å². The van der Waals surface area contributed by atoms with Gasteiger partial charge >= 0.3 is 6.36 Å². The maximum Gasteiger partial charge on any atom is 0.573 e. The van der Waals surface area contributed by atoms with E-state index >= 15 is 0 Å². The Hall–Kier alpha value is -0.540. The number of nitrogens with zero attached hydrogens (tertiary/aromatic N) is 1. The summed E-state index contributed by atoms with van der Waals surface area (Å²) < 4.78 is 41.5. The third-order valence-electron chi connectivity index (χ3n) is 3.28. The zero-order valence-corrected chi connectivity index (χ0v) is 14.0. The summed E-state index contributed by atoms with van der Waals surface area (Å²) in [6.07, 6.45) is -4.73. The van der Waals surface area contributed by atoms with Crippen LogP contribution in [-0.4, -0.2) is 49.2 Å². The fourth-order valence-electron chi connectivity index (χ4n) is 2.39. The Labute approximate surface area is 141 Å². The molecule has 9 heteroatoms. The first-order chi connectivity index (χ1) is 9.89. The van der Waals surface area contributed by atoms with Crippen molar-refractivity contribution in [3.05, 3.63) is 28.2 Å². The highest BCUT2D eigenvalue weighted by Gasteiger charge is 2.32. The van der Waals surface area contributed by atoms with Crippen LogP contribution >= 0.6 is 28.3 Å². The molecule has 0 bridgehead atoms. The number of piperazine rings is 1. The molecule has 0 amide bonds. The van der Waals surface area contributed by atoms with Crippen molar-refractivity contribution in [3.63, 3.8) is 0 Å². The summed E-state index contributed by atoms with van der Waals surface area (Å²) in [4.78, 5) is 2.04. The fraction of sp³-hybridized carbons (Fsp3) is 0.538. The van der Waals surface area contributed by atoms with Crippen molar-refractivity contribution in [3.8, 4) is 5.75 Å². The van der Waals surface area contributed by atoms with Crippen LogP contribution in [0.4, 0.5) is 13.2 Å². The second-order valence-corrected chi connectivity index (χ2v) is 5.67. The quantitative estimate of drug-likeness (QED) is 0.808. The zero-order valence-electron chi connectivity index (χ0n) is 11.6. The van der Waals surface area contributed by atoms with Crippen LogP contribution in [0.2, 0.25) is 0 Å². The van der Waals surface area contributed by atoms with E-state index in [-0.39, 0.29) is 30.8 Å². The minimum atomic E-state index is -4.73. The van der Waals surface area contributed by atoms with Crippen molar-refractivity contribution in [2.24, 2.45) is 0 Å². The first kappa shape index (κ1) is 19.5. The zero-order chi connectivity index (χ0) is 15.5. The summed E-state index contributed by atoms with van der Waals surface area (Å²) in [5.41, 5.74) is 0.591. The van der Waals surface area contributed by atoms with Gasteiger partial charge in [-0.1, -0.05) is 15.9 Å². The molecule has 0 spiro atoms. The summed E-state index contributed by atoms with van der Waals surface area (Å²) in [6.45, 7) is 2.87. The highest BCUT2D eigenvalue weighted by molar-refractivity contribution is 9.10. The molecule has 1 fully saturated rings. The highest BCUT2D eigenvalue weighted by Crippen LogP contribution is 2.31. The molecule has 1 aliphatic rings. The monoisotopic (exact) mass is 404 g/mol. The van der Waals surface area contributed by atoms with Gasteiger partial charge in [0.05, 0.1) is 12.6 Å². The first-order valence-corrected chi connectivity index (χ1v) is 7.30. The van der Waals surface area contributed by atoms with Crippen LogP contribution < -0.4 is 10.1 Å². The van der Waals surface area contributed by atoms with Crippen LogP contribution in [0.25, 0.3) is 0 Å². The van der Waals surface area contributed by atoms with Gasteiger partial charge in [0.25, 0.3) is 0 Å². The van der Waals surface area contributed by atoms with E-state index in [1.165, 1.54) is 12.1 Å². The second kappa shape index (κ2) is 8.35. The smallest absolute Gasteiger partial charge is 0.406 e. The van der Waals surface area contributed by atoms with E-state index in [2.05, 4.69) is 26.0 Å². The summed E-state index contributed by atoms with van der Waals surface area (Å²) in [5, 5.41) is 12.8. The van der Waals surface area contributed by atoms with Crippen LogP contribution in [0, 0.1) is 0 Å². The number of hydrogen-bond donors (Lipinski definition) is 2. The molecular weight excluding hydrogens is 389 g/mol. The van der Waals surface area contributed by atoms with E-state index in [9.17, 15) is 18.3 Å². The number of benzene rings is 1. The summed E-state index contributed by atoms with van der Waals surface area (Å²) in [7, 11) is 0. The maximum absolute atomic E-state index is 12.3. The molecule has 0 radical (unpaired) electrons. The van der Waals surface area contributed by atoms with E-state index in [1.807, 2.05) is 4.90 Å². The molecule has 0 aromatic heterocycles. The molecule has 2 N–H and O–H groups in total. The van der Waals surface area contributed by atoms with Gasteiger partial charge in [0.15, 0.2) is 0 Å². The third-order valence-corrected chi connectivity index (χ3v) is 3.74. The molecule has 22 heavy (non-hydrogen) atoms. The van der Waals surface area contributed by atoms with Crippen molar-refractivity contribution >= 4 is 28.3 Å². The van der Waals surface area contributed by atoms with Crippen LogP contribution in [0.5, 0.6) is 5.75 Å². The van der Waals surface area contributed by atoms with Crippen LogP contribution in [0.15, 0.2) is 22.7 Å². The molecule has 0 unspecified atom stereocenters. The number of rotatable bonds is 4. The lowest BCUT2D eigenvalue weighted by Gasteiger charge is -2.34. The molecule has 1 aromatic rings. The molecule has 0 aliphatic carbocycles. The molecule has 1 heterocycles. The van der Waals surface area contributed by atoms with Gasteiger partial charge in [-0.15, -0.1) is 25.6 Å². The van der Waals surface area contributed by atoms with E-state index in [0.29, 0.717) is 10.0 Å². The van der Waals surface area contributed by atoms with Crippen LogP contribution in [0.1, 0.15) is 11.6 Å². The highest BCUT2D eigenvalue weighted by atomic mass is 79.9. The fourth-order valence-corrected chi connectivity index (χ4v) is 2.88. The summed E-state index contributed by atoms with van der Waals surface area (Å²) in [5.74, 6) is -0.291. The topological polar surface area (TPSA) is 44.7 Å². The Morgan fingerprint density at radius 1 is 1.27 bits per heavy atom. The maximum atomic E-state index is 12.3. The normalized spacial score (nSPS) is 17.7. The number of ether oxygens (including phenoxy) is 1. The predicted molar refractivity (Wildman–Crippen MR) is 82.3 cm³/mol. The summed E-state index contributed by atoms with van der Waals surface area (Å²) in [6, 6.07) is 3.93. The number of halogens is 5. The predicted octanol–water partition coefficient (Wildman–Crippen LogP) is 2.71. The van der Waals surface area contributed by atoms with Crippen LogP contribution in [0.3, 0.4) is 0 Å². The van der Waals surface area contributed by atoms with Crippen molar-refractivity contribution in [2.75, 3.05) is 32.8 Å². The molecule has 0 saturated carbocycles. The van der Waals surface area contributed by atoms with Crippen molar-refractivity contribution in [2.45, 2.75) is 12.4 Å². The molecule has 1 aliphatic heterocycles. The molecule has 2 rings (SSSR count). The molecule has 1 atom stereocenters. The van der Waals surface area contributed by atoms with E-state index in [4.69, 9.17) is 0 Å². The number of alkyl halides is 3. The molecule has 1 aromatic carbocycles. The van der Waals surface area contributed by atoms with Crippen LogP contribution in [-0.2, 0) is 0 Å². The Bertz CT molecular complexity index is 485. The Kier molecular flexibility index (Phi) is 7.40. The van der Waals surface area contributed by atoms with E-state index in [0.717, 1.165) is 26.2 Å². The minimum Gasteiger partial charge on any atom is -0.406 e. The van der Waals surface area contributed by atoms with Gasteiger partial charge in [0.2, 0.25) is 0 Å². The lowest BCUT2D eigenvalue weighted by atomic mass is 10.0. The average molecular weight is 406 g/mol. The molecular formula is C13H17BrClF3N2O2. The number of aliphatic hydroxyl groups excluding tert-OH is 1. The summed E-state index contributed by atoms with van der Waals surface area (Å²) >= 11 is 3.18. The second-order valence-electron chi connectivity index (χ2n) is 4.75. The SMILES string of the molecule is Cl.OC[C@H](c1cc(Br)cc(OC(F)(F)F)c1)N1CCNCC1. The van der Waals surface area contributed by atoms with Gasteiger partial charge < -0.3 is 15.2 Å². The van der Waals surface area contributed by atoms with Gasteiger partial charge in [-0.05, 0) is 23.8 Å². The Morgan fingerprint density at radius 2 is 1.91 bits per heavy atom. The van der Waals surface area contributed by atoms with Gasteiger partial charge in [-0.2, -0.15) is 0 Å². The van der Waals surface area contributed by atoms with E-state index in [1.54, 1.807) is 6.07 Å².